The Labute approximate surface area is 95.4 Å². The Kier molecular flexibility index (Phi) is 5.83. The highest BCUT2D eigenvalue weighted by Crippen LogP contribution is 2.26. The van der Waals surface area contributed by atoms with Crippen molar-refractivity contribution in [1.82, 2.24) is 4.98 Å². The average molecular weight is 229 g/mol. The fourth-order valence-electron chi connectivity index (χ4n) is 1.43. The van der Waals surface area contributed by atoms with Gasteiger partial charge in [0.05, 0.1) is 12.3 Å². The largest absolute Gasteiger partial charge is 0.378 e. The molecule has 1 unspecified atom stereocenters. The number of rotatable bonds is 7. The van der Waals surface area contributed by atoms with Crippen molar-refractivity contribution in [1.29, 1.82) is 0 Å². The molecule has 0 spiro atoms. The van der Waals surface area contributed by atoms with Gasteiger partial charge in [-0.1, -0.05) is 13.3 Å². The number of methoxy groups -OCH3 is 1. The molecule has 0 N–H and O–H groups in total. The molecule has 0 radical (unpaired) electrons. The molecule has 86 valence electrons. The van der Waals surface area contributed by atoms with E-state index in [9.17, 15) is 0 Å². The fraction of sp³-hybridized carbons (Fsp3) is 0.727. The van der Waals surface area contributed by atoms with Crippen LogP contribution in [0.1, 0.15) is 43.5 Å². The third kappa shape index (κ3) is 3.89. The van der Waals surface area contributed by atoms with Gasteiger partial charge >= 0.3 is 0 Å². The van der Waals surface area contributed by atoms with Gasteiger partial charge in [0.25, 0.3) is 0 Å². The van der Waals surface area contributed by atoms with E-state index < -0.39 is 0 Å². The number of thiazole rings is 1. The van der Waals surface area contributed by atoms with E-state index in [1.807, 2.05) is 12.3 Å². The zero-order valence-corrected chi connectivity index (χ0v) is 10.5. The molecule has 1 aromatic heterocycles. The van der Waals surface area contributed by atoms with Crippen LogP contribution in [-0.4, -0.2) is 18.7 Å². The Hall–Kier alpha value is -0.450. The number of ether oxygens (including phenoxy) is 2. The van der Waals surface area contributed by atoms with E-state index in [0.29, 0.717) is 6.61 Å². The molecular weight excluding hydrogens is 210 g/mol. The first kappa shape index (κ1) is 12.6. The lowest BCUT2D eigenvalue weighted by Gasteiger charge is -2.12. The Morgan fingerprint density at radius 1 is 1.47 bits per heavy atom. The fourth-order valence-corrected chi connectivity index (χ4v) is 2.31. The zero-order valence-electron chi connectivity index (χ0n) is 9.66. The highest BCUT2D eigenvalue weighted by atomic mass is 32.1. The molecule has 0 amide bonds. The van der Waals surface area contributed by atoms with Crippen molar-refractivity contribution in [3.05, 3.63) is 16.1 Å². The van der Waals surface area contributed by atoms with Gasteiger partial charge in [-0.25, -0.2) is 4.98 Å². The number of hydrogen-bond donors (Lipinski definition) is 0. The van der Waals surface area contributed by atoms with E-state index in [-0.39, 0.29) is 6.10 Å². The number of nitrogens with zero attached hydrogens (tertiary/aromatic N) is 1. The Morgan fingerprint density at radius 3 is 2.87 bits per heavy atom. The SMILES string of the molecule is CCCC(OCC)c1nc(COC)cs1. The summed E-state index contributed by atoms with van der Waals surface area (Å²) in [6, 6.07) is 0. The molecule has 0 aliphatic rings. The van der Waals surface area contributed by atoms with Gasteiger partial charge in [0, 0.05) is 19.1 Å². The maximum Gasteiger partial charge on any atom is 0.122 e. The molecule has 15 heavy (non-hydrogen) atoms. The van der Waals surface area contributed by atoms with Gasteiger partial charge in [0.15, 0.2) is 0 Å². The van der Waals surface area contributed by atoms with Crippen LogP contribution in [0, 0.1) is 0 Å². The van der Waals surface area contributed by atoms with E-state index in [4.69, 9.17) is 9.47 Å². The minimum Gasteiger partial charge on any atom is -0.378 e. The lowest BCUT2D eigenvalue weighted by Crippen LogP contribution is -2.04. The van der Waals surface area contributed by atoms with Gasteiger partial charge in [-0.3, -0.25) is 0 Å². The molecule has 0 aliphatic carbocycles. The van der Waals surface area contributed by atoms with Crippen molar-refractivity contribution < 1.29 is 9.47 Å². The summed E-state index contributed by atoms with van der Waals surface area (Å²) in [4.78, 5) is 4.51. The van der Waals surface area contributed by atoms with Gasteiger partial charge in [0.1, 0.15) is 11.1 Å². The summed E-state index contributed by atoms with van der Waals surface area (Å²) in [5.41, 5.74) is 0.998. The second-order valence-electron chi connectivity index (χ2n) is 3.34. The van der Waals surface area contributed by atoms with Gasteiger partial charge in [-0.15, -0.1) is 11.3 Å². The third-order valence-corrected chi connectivity index (χ3v) is 3.04. The highest BCUT2D eigenvalue weighted by molar-refractivity contribution is 7.09. The van der Waals surface area contributed by atoms with Crippen molar-refractivity contribution in [2.75, 3.05) is 13.7 Å². The number of aromatic nitrogens is 1. The quantitative estimate of drug-likeness (QED) is 0.719. The lowest BCUT2D eigenvalue weighted by molar-refractivity contribution is 0.0552. The first-order valence-electron chi connectivity index (χ1n) is 5.36. The predicted molar refractivity (Wildman–Crippen MR) is 62.1 cm³/mol. The molecule has 3 nitrogen and oxygen atoms in total. The third-order valence-electron chi connectivity index (χ3n) is 2.06. The molecule has 0 fully saturated rings. The normalized spacial score (nSPS) is 13.0. The van der Waals surface area contributed by atoms with Crippen LogP contribution in [0.4, 0.5) is 0 Å². The van der Waals surface area contributed by atoms with Crippen LogP contribution in [0.25, 0.3) is 0 Å². The first-order valence-corrected chi connectivity index (χ1v) is 6.24. The van der Waals surface area contributed by atoms with Crippen molar-refractivity contribution in [3.63, 3.8) is 0 Å². The lowest BCUT2D eigenvalue weighted by atomic mass is 10.2. The molecule has 1 atom stereocenters. The summed E-state index contributed by atoms with van der Waals surface area (Å²) in [6.07, 6.45) is 2.31. The summed E-state index contributed by atoms with van der Waals surface area (Å²) >= 11 is 1.66. The molecular formula is C11H19NO2S. The van der Waals surface area contributed by atoms with Crippen LogP contribution >= 0.6 is 11.3 Å². The molecule has 0 saturated carbocycles. The van der Waals surface area contributed by atoms with E-state index in [0.717, 1.165) is 30.2 Å². The van der Waals surface area contributed by atoms with Gasteiger partial charge in [-0.2, -0.15) is 0 Å². The summed E-state index contributed by atoms with van der Waals surface area (Å²) in [5.74, 6) is 0. The molecule has 1 rings (SSSR count). The van der Waals surface area contributed by atoms with Gasteiger partial charge < -0.3 is 9.47 Å². The predicted octanol–water partition coefficient (Wildman–Crippen LogP) is 3.17. The smallest absolute Gasteiger partial charge is 0.122 e. The van der Waals surface area contributed by atoms with E-state index in [2.05, 4.69) is 11.9 Å². The van der Waals surface area contributed by atoms with Crippen LogP contribution in [0.2, 0.25) is 0 Å². The van der Waals surface area contributed by atoms with E-state index >= 15 is 0 Å². The van der Waals surface area contributed by atoms with Crippen LogP contribution in [-0.2, 0) is 16.1 Å². The average Bonchev–Trinajstić information content (AvgIpc) is 2.67. The van der Waals surface area contributed by atoms with Crippen molar-refractivity contribution in [3.8, 4) is 0 Å². The molecule has 1 heterocycles. The summed E-state index contributed by atoms with van der Waals surface area (Å²) < 4.78 is 10.7. The molecule has 1 aromatic rings. The Bertz CT molecular complexity index is 269. The standard InChI is InChI=1S/C11H19NO2S/c1-4-6-10(14-5-2)11-12-9(7-13-3)8-15-11/h8,10H,4-7H2,1-3H3. The van der Waals surface area contributed by atoms with Crippen molar-refractivity contribution in [2.24, 2.45) is 0 Å². The topological polar surface area (TPSA) is 31.4 Å². The van der Waals surface area contributed by atoms with E-state index in [1.165, 1.54) is 0 Å². The van der Waals surface area contributed by atoms with Crippen LogP contribution in [0.5, 0.6) is 0 Å². The molecule has 0 aliphatic heterocycles. The summed E-state index contributed by atoms with van der Waals surface area (Å²) in [6.45, 7) is 5.51. The Morgan fingerprint density at radius 2 is 2.27 bits per heavy atom. The van der Waals surface area contributed by atoms with Crippen LogP contribution in [0.3, 0.4) is 0 Å². The monoisotopic (exact) mass is 229 g/mol. The molecule has 0 saturated heterocycles. The molecule has 0 bridgehead atoms. The minimum atomic E-state index is 0.163. The summed E-state index contributed by atoms with van der Waals surface area (Å²) in [5, 5.41) is 3.12. The maximum absolute atomic E-state index is 5.67. The minimum absolute atomic E-state index is 0.163. The van der Waals surface area contributed by atoms with Crippen LogP contribution < -0.4 is 0 Å². The zero-order chi connectivity index (χ0) is 11.1. The van der Waals surface area contributed by atoms with Crippen molar-refractivity contribution in [2.45, 2.75) is 39.4 Å². The molecule has 0 aromatic carbocycles. The maximum atomic E-state index is 5.67. The van der Waals surface area contributed by atoms with Gasteiger partial charge in [-0.05, 0) is 13.3 Å². The van der Waals surface area contributed by atoms with Gasteiger partial charge in [0.2, 0.25) is 0 Å². The second kappa shape index (κ2) is 6.93. The summed E-state index contributed by atoms with van der Waals surface area (Å²) in [7, 11) is 1.69. The second-order valence-corrected chi connectivity index (χ2v) is 4.23. The first-order chi connectivity index (χ1) is 7.31. The van der Waals surface area contributed by atoms with Crippen molar-refractivity contribution >= 4 is 11.3 Å². The van der Waals surface area contributed by atoms with E-state index in [1.54, 1.807) is 18.4 Å². The Balaban J connectivity index is 2.63. The highest BCUT2D eigenvalue weighted by Gasteiger charge is 2.14. The molecule has 4 heteroatoms. The number of hydrogen-bond acceptors (Lipinski definition) is 4. The van der Waals surface area contributed by atoms with Crippen LogP contribution in [0.15, 0.2) is 5.38 Å².